The van der Waals surface area contributed by atoms with Crippen LogP contribution >= 0.6 is 15.9 Å². The first-order chi connectivity index (χ1) is 5.58. The van der Waals surface area contributed by atoms with Crippen molar-refractivity contribution in [1.82, 2.24) is 4.90 Å². The lowest BCUT2D eigenvalue weighted by atomic mass is 10.3. The van der Waals surface area contributed by atoms with Crippen molar-refractivity contribution >= 4 is 15.9 Å². The maximum absolute atomic E-state index is 10.6. The third kappa shape index (κ3) is 1.94. The molecule has 1 aliphatic rings. The van der Waals surface area contributed by atoms with Crippen molar-refractivity contribution in [3.8, 4) is 0 Å². The lowest BCUT2D eigenvalue weighted by Crippen LogP contribution is -2.52. The number of hydrogen-bond acceptors (Lipinski definition) is 4. The molecule has 1 fully saturated rings. The van der Waals surface area contributed by atoms with Gasteiger partial charge in [0.15, 0.2) is 0 Å². The minimum Gasteiger partial charge on any atom is -0.358 e. The molecule has 0 radical (unpaired) electrons. The van der Waals surface area contributed by atoms with Crippen molar-refractivity contribution in [2.45, 2.75) is 11.4 Å². The maximum Gasteiger partial charge on any atom is 0.309 e. The summed E-state index contributed by atoms with van der Waals surface area (Å²) >= 11 is 3.08. The smallest absolute Gasteiger partial charge is 0.309 e. The first-order valence-corrected chi connectivity index (χ1v) is 4.51. The Hall–Kier alpha value is -0.200. The Morgan fingerprint density at radius 2 is 2.50 bits per heavy atom. The van der Waals surface area contributed by atoms with E-state index < -0.39 is 4.45 Å². The van der Waals surface area contributed by atoms with Crippen LogP contribution in [0.5, 0.6) is 0 Å². The van der Waals surface area contributed by atoms with Crippen LogP contribution in [0.4, 0.5) is 0 Å². The van der Waals surface area contributed by atoms with Gasteiger partial charge in [-0.1, -0.05) is 6.92 Å². The average molecular weight is 239 g/mol. The summed E-state index contributed by atoms with van der Waals surface area (Å²) in [6, 6.07) is 0. The molecule has 0 aliphatic carbocycles. The third-order valence-electron chi connectivity index (χ3n) is 1.84. The molecule has 0 amide bonds. The monoisotopic (exact) mass is 238 g/mol. The number of rotatable bonds is 2. The van der Waals surface area contributed by atoms with Crippen LogP contribution in [0.1, 0.15) is 6.92 Å². The highest BCUT2D eigenvalue weighted by Gasteiger charge is 2.44. The van der Waals surface area contributed by atoms with Crippen LogP contribution in [0.3, 0.4) is 0 Å². The molecule has 70 valence electrons. The zero-order valence-corrected chi connectivity index (χ0v) is 8.41. The lowest BCUT2D eigenvalue weighted by molar-refractivity contribution is -0.546. The molecule has 5 nitrogen and oxygen atoms in total. The van der Waals surface area contributed by atoms with Crippen LogP contribution in [0.15, 0.2) is 0 Å². The van der Waals surface area contributed by atoms with Gasteiger partial charge in [0.1, 0.15) is 6.61 Å². The van der Waals surface area contributed by atoms with E-state index in [0.717, 1.165) is 6.54 Å². The van der Waals surface area contributed by atoms with E-state index in [1.165, 1.54) is 0 Å². The molecule has 0 aromatic carbocycles. The highest BCUT2D eigenvalue weighted by molar-refractivity contribution is 9.10. The molecule has 1 heterocycles. The Morgan fingerprint density at radius 3 is 3.00 bits per heavy atom. The lowest BCUT2D eigenvalue weighted by Gasteiger charge is -2.31. The Kier molecular flexibility index (Phi) is 3.03. The van der Waals surface area contributed by atoms with Crippen molar-refractivity contribution in [2.24, 2.45) is 0 Å². The van der Waals surface area contributed by atoms with Gasteiger partial charge >= 0.3 is 4.45 Å². The molecule has 12 heavy (non-hydrogen) atoms. The second-order valence-corrected chi connectivity index (χ2v) is 4.27. The quantitative estimate of drug-likeness (QED) is 0.307. The van der Waals surface area contributed by atoms with E-state index in [1.807, 2.05) is 11.8 Å². The highest BCUT2D eigenvalue weighted by Crippen LogP contribution is 2.24. The number of likely N-dealkylation sites (N-methyl/N-ethyl adjacent to an activating group) is 1. The van der Waals surface area contributed by atoms with Crippen molar-refractivity contribution < 1.29 is 9.66 Å². The van der Waals surface area contributed by atoms with Gasteiger partial charge in [0, 0.05) is 20.9 Å². The van der Waals surface area contributed by atoms with Gasteiger partial charge in [0.25, 0.3) is 0 Å². The second-order valence-electron chi connectivity index (χ2n) is 2.80. The van der Waals surface area contributed by atoms with Crippen LogP contribution in [0, 0.1) is 10.1 Å². The Morgan fingerprint density at radius 1 is 1.83 bits per heavy atom. The molecule has 0 N–H and O–H groups in total. The summed E-state index contributed by atoms with van der Waals surface area (Å²) in [6.07, 6.45) is 0. The molecule has 0 aromatic rings. The summed E-state index contributed by atoms with van der Waals surface area (Å²) < 4.78 is 3.98. The molecule has 1 aliphatic heterocycles. The fraction of sp³-hybridized carbons (Fsp3) is 1.00. The van der Waals surface area contributed by atoms with Gasteiger partial charge in [-0.05, 0) is 6.54 Å². The summed E-state index contributed by atoms with van der Waals surface area (Å²) in [4.78, 5) is 12.1. The number of alkyl halides is 1. The van der Waals surface area contributed by atoms with Crippen molar-refractivity contribution in [3.05, 3.63) is 10.1 Å². The number of ether oxygens (including phenoxy) is 1. The summed E-state index contributed by atoms with van der Waals surface area (Å²) in [5, 5.41) is 10.6. The van der Waals surface area contributed by atoms with E-state index in [4.69, 9.17) is 4.74 Å². The van der Waals surface area contributed by atoms with Crippen molar-refractivity contribution in [1.29, 1.82) is 0 Å². The van der Waals surface area contributed by atoms with Crippen LogP contribution in [0.2, 0.25) is 0 Å². The Balaban J connectivity index is 2.61. The fourth-order valence-electron chi connectivity index (χ4n) is 1.08. The molecule has 1 saturated heterocycles. The largest absolute Gasteiger partial charge is 0.358 e. The topological polar surface area (TPSA) is 55.6 Å². The van der Waals surface area contributed by atoms with E-state index >= 15 is 0 Å². The van der Waals surface area contributed by atoms with Gasteiger partial charge < -0.3 is 4.74 Å². The minimum atomic E-state index is -1.11. The van der Waals surface area contributed by atoms with E-state index in [-0.39, 0.29) is 11.5 Å². The number of nitro groups is 1. The van der Waals surface area contributed by atoms with E-state index in [1.54, 1.807) is 0 Å². The zero-order valence-electron chi connectivity index (χ0n) is 6.83. The number of halogens is 1. The van der Waals surface area contributed by atoms with E-state index in [2.05, 4.69) is 15.9 Å². The summed E-state index contributed by atoms with van der Waals surface area (Å²) in [5.41, 5.74) is 0. The highest BCUT2D eigenvalue weighted by atomic mass is 79.9. The number of hydrogen-bond donors (Lipinski definition) is 0. The van der Waals surface area contributed by atoms with Gasteiger partial charge in [-0.2, -0.15) is 0 Å². The van der Waals surface area contributed by atoms with Gasteiger partial charge in [0.2, 0.25) is 0 Å². The Bertz CT molecular complexity index is 190. The molecule has 6 heteroatoms. The molecule has 1 unspecified atom stereocenters. The number of nitrogens with zero attached hydrogens (tertiary/aromatic N) is 2. The first kappa shape index (κ1) is 9.88. The Labute approximate surface area is 79.0 Å². The molecule has 1 rings (SSSR count). The van der Waals surface area contributed by atoms with Crippen molar-refractivity contribution in [3.63, 3.8) is 0 Å². The zero-order chi connectivity index (χ0) is 9.19. The summed E-state index contributed by atoms with van der Waals surface area (Å²) in [5.74, 6) is 0. The molecule has 0 spiro atoms. The van der Waals surface area contributed by atoms with Gasteiger partial charge in [-0.3, -0.25) is 15.0 Å². The predicted octanol–water partition coefficient (Wildman–Crippen LogP) is 0.664. The molecule has 1 atom stereocenters. The SMILES string of the molecule is CCN1COCC(Br)([N+](=O)[O-])C1. The predicted molar refractivity (Wildman–Crippen MR) is 46.7 cm³/mol. The second kappa shape index (κ2) is 3.68. The van der Waals surface area contributed by atoms with Gasteiger partial charge in [-0.25, -0.2) is 0 Å². The average Bonchev–Trinajstić information content (AvgIpc) is 2.04. The molecule has 0 saturated carbocycles. The van der Waals surface area contributed by atoms with Gasteiger partial charge in [0.05, 0.1) is 13.3 Å². The minimum absolute atomic E-state index is 0.135. The molecule has 0 bridgehead atoms. The maximum atomic E-state index is 10.6. The van der Waals surface area contributed by atoms with Crippen molar-refractivity contribution in [2.75, 3.05) is 26.4 Å². The fourth-order valence-corrected chi connectivity index (χ4v) is 1.60. The van der Waals surface area contributed by atoms with Crippen LogP contribution in [-0.4, -0.2) is 40.7 Å². The van der Waals surface area contributed by atoms with Crippen LogP contribution in [0.25, 0.3) is 0 Å². The summed E-state index contributed by atoms with van der Waals surface area (Å²) in [7, 11) is 0. The third-order valence-corrected chi connectivity index (χ3v) is 2.61. The van der Waals surface area contributed by atoms with Crippen LogP contribution < -0.4 is 0 Å². The molecular formula is C6H11BrN2O3. The summed E-state index contributed by atoms with van der Waals surface area (Å²) in [6.45, 7) is 3.73. The normalized spacial score (nSPS) is 31.8. The standard InChI is InChI=1S/C6H11BrN2O3/c1-2-8-3-6(7,9(10)11)4-12-5-8/h2-5H2,1H3. The van der Waals surface area contributed by atoms with E-state index in [9.17, 15) is 10.1 Å². The van der Waals surface area contributed by atoms with Gasteiger partial charge in [-0.15, -0.1) is 0 Å². The van der Waals surface area contributed by atoms with Crippen LogP contribution in [-0.2, 0) is 4.74 Å². The molecular weight excluding hydrogens is 228 g/mol. The van der Waals surface area contributed by atoms with E-state index in [0.29, 0.717) is 13.3 Å². The first-order valence-electron chi connectivity index (χ1n) is 3.72. The molecule has 0 aromatic heterocycles.